The van der Waals surface area contributed by atoms with E-state index in [4.69, 9.17) is 14.5 Å². The van der Waals surface area contributed by atoms with E-state index in [0.717, 1.165) is 75.5 Å². The van der Waals surface area contributed by atoms with Gasteiger partial charge in [0.2, 0.25) is 0 Å². The third-order valence-electron chi connectivity index (χ3n) is 8.01. The van der Waals surface area contributed by atoms with Gasteiger partial charge in [0, 0.05) is 56.6 Å². The van der Waals surface area contributed by atoms with E-state index in [1.165, 1.54) is 27.6 Å². The Morgan fingerprint density at radius 1 is 0.974 bits per heavy atom. The van der Waals surface area contributed by atoms with Gasteiger partial charge in [-0.1, -0.05) is 48.5 Å². The molecule has 0 saturated carbocycles. The van der Waals surface area contributed by atoms with Gasteiger partial charge >= 0.3 is 0 Å². The number of nitrogens with zero attached hydrogens (tertiary/aromatic N) is 4. The van der Waals surface area contributed by atoms with E-state index >= 15 is 0 Å². The lowest BCUT2D eigenvalue weighted by molar-refractivity contribution is 0.0945. The SMILES string of the molecule is COc1ccccc1N1CCN(Cc2cc3c(c4c2=CC[C@H](C)N=4)OCN(CCc2ccccc2)C3)CC1. The zero-order valence-electron chi connectivity index (χ0n) is 22.6. The van der Waals surface area contributed by atoms with Crippen LogP contribution >= 0.6 is 0 Å². The standard InChI is InChI=1S/C32H38N4O2/c1-24-12-13-28-26(21-34-16-18-36(19-17-34)29-10-6-7-11-30(29)37-2)20-27-22-35(23-38-32(27)31(28)33-24)15-14-25-8-4-3-5-9-25/h3-11,13,20,24H,12,14-19,21-23H2,1-2H3/t24-/m0/s1. The molecular formula is C32H38N4O2. The van der Waals surface area contributed by atoms with Gasteiger partial charge in [-0.15, -0.1) is 0 Å². The molecule has 6 nitrogen and oxygen atoms in total. The van der Waals surface area contributed by atoms with Crippen molar-refractivity contribution in [2.45, 2.75) is 38.9 Å². The smallest absolute Gasteiger partial charge is 0.151 e. The monoisotopic (exact) mass is 510 g/mol. The van der Waals surface area contributed by atoms with Crippen molar-refractivity contribution in [2.75, 3.05) is 51.5 Å². The van der Waals surface area contributed by atoms with Crippen molar-refractivity contribution < 1.29 is 9.47 Å². The van der Waals surface area contributed by atoms with Crippen LogP contribution in [0.15, 0.2) is 65.7 Å². The van der Waals surface area contributed by atoms with Crippen LogP contribution in [0, 0.1) is 0 Å². The molecule has 198 valence electrons. The lowest BCUT2D eigenvalue weighted by Gasteiger charge is -2.37. The Morgan fingerprint density at radius 3 is 2.58 bits per heavy atom. The minimum atomic E-state index is 0.297. The van der Waals surface area contributed by atoms with Crippen molar-refractivity contribution in [3.63, 3.8) is 0 Å². The van der Waals surface area contributed by atoms with Gasteiger partial charge in [0.25, 0.3) is 0 Å². The first-order valence-electron chi connectivity index (χ1n) is 13.9. The van der Waals surface area contributed by atoms with Crippen LogP contribution in [0.4, 0.5) is 5.69 Å². The second kappa shape index (κ2) is 11.2. The molecule has 0 unspecified atom stereocenters. The maximum absolute atomic E-state index is 6.38. The number of ether oxygens (including phenoxy) is 2. The molecule has 3 heterocycles. The van der Waals surface area contributed by atoms with Gasteiger partial charge in [-0.2, -0.15) is 0 Å². The Balaban J connectivity index is 1.19. The molecular weight excluding hydrogens is 472 g/mol. The van der Waals surface area contributed by atoms with Crippen LogP contribution in [0.5, 0.6) is 11.5 Å². The highest BCUT2D eigenvalue weighted by Crippen LogP contribution is 2.29. The van der Waals surface area contributed by atoms with Gasteiger partial charge in [0.05, 0.1) is 18.8 Å². The molecule has 0 aromatic heterocycles. The summed E-state index contributed by atoms with van der Waals surface area (Å²) < 4.78 is 12.0. The van der Waals surface area contributed by atoms with E-state index in [0.29, 0.717) is 12.8 Å². The molecule has 3 aliphatic heterocycles. The lowest BCUT2D eigenvalue weighted by Crippen LogP contribution is -2.48. The van der Waals surface area contributed by atoms with Crippen molar-refractivity contribution in [1.29, 1.82) is 0 Å². The van der Waals surface area contributed by atoms with Gasteiger partial charge in [0.15, 0.2) is 5.75 Å². The quantitative estimate of drug-likeness (QED) is 0.486. The molecule has 1 atom stereocenters. The van der Waals surface area contributed by atoms with E-state index in [1.807, 2.05) is 12.1 Å². The fraction of sp³-hybridized carbons (Fsp3) is 0.406. The van der Waals surface area contributed by atoms with E-state index in [-0.39, 0.29) is 0 Å². The minimum Gasteiger partial charge on any atom is -0.495 e. The van der Waals surface area contributed by atoms with Crippen LogP contribution in [-0.2, 0) is 19.5 Å². The Hall–Kier alpha value is -3.35. The molecule has 38 heavy (non-hydrogen) atoms. The average molecular weight is 511 g/mol. The molecule has 1 fully saturated rings. The van der Waals surface area contributed by atoms with Gasteiger partial charge in [0.1, 0.15) is 17.8 Å². The van der Waals surface area contributed by atoms with Crippen LogP contribution in [0.2, 0.25) is 0 Å². The molecule has 0 radical (unpaired) electrons. The van der Waals surface area contributed by atoms with Crippen molar-refractivity contribution in [3.05, 3.63) is 87.9 Å². The van der Waals surface area contributed by atoms with Crippen LogP contribution < -0.4 is 24.9 Å². The highest BCUT2D eigenvalue weighted by atomic mass is 16.5. The zero-order chi connectivity index (χ0) is 25.9. The van der Waals surface area contributed by atoms with Crippen LogP contribution in [-0.4, -0.2) is 62.4 Å². The summed E-state index contributed by atoms with van der Waals surface area (Å²) in [6, 6.07) is 21.8. The first-order valence-corrected chi connectivity index (χ1v) is 13.9. The van der Waals surface area contributed by atoms with Gasteiger partial charge in [-0.25, -0.2) is 0 Å². The molecule has 3 aromatic rings. The van der Waals surface area contributed by atoms with Crippen molar-refractivity contribution in [1.82, 2.24) is 9.80 Å². The first-order chi connectivity index (χ1) is 18.7. The predicted molar refractivity (Wildman–Crippen MR) is 152 cm³/mol. The Kier molecular flexibility index (Phi) is 7.34. The molecule has 0 aliphatic carbocycles. The summed E-state index contributed by atoms with van der Waals surface area (Å²) in [7, 11) is 1.75. The summed E-state index contributed by atoms with van der Waals surface area (Å²) in [5.41, 5.74) is 5.22. The predicted octanol–water partition coefficient (Wildman–Crippen LogP) is 3.60. The van der Waals surface area contributed by atoms with E-state index < -0.39 is 0 Å². The number of hydrogen-bond acceptors (Lipinski definition) is 6. The summed E-state index contributed by atoms with van der Waals surface area (Å²) in [5.74, 6) is 1.95. The number of methoxy groups -OCH3 is 1. The van der Waals surface area contributed by atoms with Gasteiger partial charge < -0.3 is 14.4 Å². The third kappa shape index (κ3) is 5.29. The number of anilines is 1. The fourth-order valence-corrected chi connectivity index (χ4v) is 5.90. The molecule has 0 bridgehead atoms. The largest absolute Gasteiger partial charge is 0.495 e. The second-order valence-corrected chi connectivity index (χ2v) is 10.7. The van der Waals surface area contributed by atoms with E-state index in [1.54, 1.807) is 7.11 Å². The zero-order valence-corrected chi connectivity index (χ0v) is 22.6. The second-order valence-electron chi connectivity index (χ2n) is 10.7. The van der Waals surface area contributed by atoms with Gasteiger partial charge in [-0.05, 0) is 49.1 Å². The number of hydrogen-bond donors (Lipinski definition) is 0. The average Bonchev–Trinajstić information content (AvgIpc) is 2.97. The summed E-state index contributed by atoms with van der Waals surface area (Å²) in [6.45, 7) is 9.71. The van der Waals surface area contributed by atoms with Crippen LogP contribution in [0.25, 0.3) is 6.08 Å². The molecule has 0 N–H and O–H groups in total. The van der Waals surface area contributed by atoms with Crippen molar-refractivity contribution >= 4 is 11.8 Å². The number of benzene rings is 3. The Bertz CT molecular complexity index is 1380. The minimum absolute atomic E-state index is 0.297. The normalized spacial score (nSPS) is 19.5. The maximum atomic E-state index is 6.38. The van der Waals surface area contributed by atoms with E-state index in [2.05, 4.69) is 76.2 Å². The molecule has 6 heteroatoms. The molecule has 3 aromatic carbocycles. The Labute approximate surface area is 225 Å². The molecule has 3 aliphatic rings. The number of para-hydroxylation sites is 2. The summed E-state index contributed by atoms with van der Waals surface area (Å²) in [5, 5.41) is 2.36. The highest BCUT2D eigenvalue weighted by molar-refractivity contribution is 5.58. The molecule has 1 saturated heterocycles. The summed E-state index contributed by atoms with van der Waals surface area (Å²) >= 11 is 0. The van der Waals surface area contributed by atoms with E-state index in [9.17, 15) is 0 Å². The lowest BCUT2D eigenvalue weighted by atomic mass is 9.99. The number of rotatable bonds is 7. The highest BCUT2D eigenvalue weighted by Gasteiger charge is 2.25. The number of fused-ring (bicyclic) bond motifs is 3. The molecule has 6 rings (SSSR count). The maximum Gasteiger partial charge on any atom is 0.151 e. The van der Waals surface area contributed by atoms with Crippen LogP contribution in [0.3, 0.4) is 0 Å². The summed E-state index contributed by atoms with van der Waals surface area (Å²) in [6.07, 6.45) is 4.41. The Morgan fingerprint density at radius 2 is 1.76 bits per heavy atom. The van der Waals surface area contributed by atoms with Crippen molar-refractivity contribution in [3.8, 4) is 11.5 Å². The fourth-order valence-electron chi connectivity index (χ4n) is 5.90. The van der Waals surface area contributed by atoms with Crippen molar-refractivity contribution in [2.24, 2.45) is 4.99 Å². The van der Waals surface area contributed by atoms with Gasteiger partial charge in [-0.3, -0.25) is 14.8 Å². The molecule has 0 amide bonds. The first kappa shape index (κ1) is 25.0. The molecule has 0 spiro atoms. The third-order valence-corrected chi connectivity index (χ3v) is 8.01. The number of piperazine rings is 1. The topological polar surface area (TPSA) is 40.5 Å². The van der Waals surface area contributed by atoms with Crippen LogP contribution in [0.1, 0.15) is 30.0 Å². The summed E-state index contributed by atoms with van der Waals surface area (Å²) in [4.78, 5) is 12.5.